The van der Waals surface area contributed by atoms with E-state index in [1.165, 1.54) is 0 Å². The summed E-state index contributed by atoms with van der Waals surface area (Å²) >= 11 is 0. The van der Waals surface area contributed by atoms with Crippen molar-refractivity contribution in [2.24, 2.45) is 0 Å². The van der Waals surface area contributed by atoms with Crippen LogP contribution in [0.5, 0.6) is 0 Å². The van der Waals surface area contributed by atoms with Crippen molar-refractivity contribution < 1.29 is 13.2 Å². The average Bonchev–Trinajstić information content (AvgIpc) is 3.29. The molecule has 2 aliphatic heterocycles. The summed E-state index contributed by atoms with van der Waals surface area (Å²) in [5.74, 6) is -0.279. The minimum absolute atomic E-state index is 0.196. The van der Waals surface area contributed by atoms with E-state index in [9.17, 15) is 13.2 Å². The summed E-state index contributed by atoms with van der Waals surface area (Å²) in [5.41, 5.74) is 2.97. The first kappa shape index (κ1) is 20.9. The Morgan fingerprint density at radius 2 is 1.60 bits per heavy atom. The van der Waals surface area contributed by atoms with Crippen molar-refractivity contribution in [2.75, 3.05) is 36.4 Å². The standard InChI is InChI=1S/C23H29N3O3S/c1-18-8-7-9-19(16-18)24-23(27)21-17-20(10-11-22(21)25-12-5-6-13-25)30(28,29)26-14-3-2-4-15-26/h7-11,16-17H,2-6,12-15H2,1H3,(H,24,27). The summed E-state index contributed by atoms with van der Waals surface area (Å²) in [4.78, 5) is 15.6. The van der Waals surface area contributed by atoms with Gasteiger partial charge in [0.2, 0.25) is 10.0 Å². The summed E-state index contributed by atoms with van der Waals surface area (Å²) in [5, 5.41) is 2.95. The summed E-state index contributed by atoms with van der Waals surface area (Å²) in [7, 11) is -3.60. The van der Waals surface area contributed by atoms with Gasteiger partial charge in [0.1, 0.15) is 0 Å². The Bertz CT molecular complexity index is 1020. The van der Waals surface area contributed by atoms with Crippen LogP contribution in [0.25, 0.3) is 0 Å². The maximum absolute atomic E-state index is 13.2. The molecule has 0 bridgehead atoms. The van der Waals surface area contributed by atoms with Gasteiger partial charge in [-0.15, -0.1) is 0 Å². The number of rotatable bonds is 5. The number of carbonyl (C=O) groups excluding carboxylic acids is 1. The van der Waals surface area contributed by atoms with Crippen LogP contribution < -0.4 is 10.2 Å². The lowest BCUT2D eigenvalue weighted by atomic mass is 10.1. The van der Waals surface area contributed by atoms with E-state index in [1.54, 1.807) is 22.5 Å². The number of piperidine rings is 1. The zero-order chi connectivity index (χ0) is 21.1. The second-order valence-corrected chi connectivity index (χ2v) is 10.1. The van der Waals surface area contributed by atoms with Crippen molar-refractivity contribution >= 4 is 27.3 Å². The van der Waals surface area contributed by atoms with Crippen LogP contribution >= 0.6 is 0 Å². The molecule has 4 rings (SSSR count). The third kappa shape index (κ3) is 4.37. The Labute approximate surface area is 178 Å². The molecule has 6 nitrogen and oxygen atoms in total. The van der Waals surface area contributed by atoms with Gasteiger partial charge in [-0.3, -0.25) is 4.79 Å². The molecule has 160 valence electrons. The van der Waals surface area contributed by atoms with E-state index < -0.39 is 10.0 Å². The minimum atomic E-state index is -3.60. The van der Waals surface area contributed by atoms with Crippen LogP contribution in [0.1, 0.15) is 48.0 Å². The Balaban J connectivity index is 1.70. The number of benzene rings is 2. The van der Waals surface area contributed by atoms with Gasteiger partial charge in [0.25, 0.3) is 5.91 Å². The number of carbonyl (C=O) groups is 1. The molecule has 0 saturated carbocycles. The van der Waals surface area contributed by atoms with E-state index in [0.717, 1.165) is 56.4 Å². The molecule has 2 fully saturated rings. The highest BCUT2D eigenvalue weighted by atomic mass is 32.2. The summed E-state index contributed by atoms with van der Waals surface area (Å²) in [6, 6.07) is 12.6. The second-order valence-electron chi connectivity index (χ2n) is 8.16. The number of nitrogens with one attached hydrogen (secondary N) is 1. The molecule has 0 atom stereocenters. The number of anilines is 2. The van der Waals surface area contributed by atoms with Crippen molar-refractivity contribution in [2.45, 2.75) is 43.9 Å². The molecule has 0 aromatic heterocycles. The third-order valence-electron chi connectivity index (χ3n) is 5.89. The molecular weight excluding hydrogens is 398 g/mol. The molecule has 2 aromatic carbocycles. The third-order valence-corrected chi connectivity index (χ3v) is 7.78. The SMILES string of the molecule is Cc1cccc(NC(=O)c2cc(S(=O)(=O)N3CCCCC3)ccc2N2CCCC2)c1. The van der Waals surface area contributed by atoms with Gasteiger partial charge in [-0.05, 0) is 68.5 Å². The van der Waals surface area contributed by atoms with Crippen molar-refractivity contribution in [1.82, 2.24) is 4.31 Å². The predicted octanol–water partition coefficient (Wildman–Crippen LogP) is 4.02. The van der Waals surface area contributed by atoms with Gasteiger partial charge < -0.3 is 10.2 Å². The fourth-order valence-electron chi connectivity index (χ4n) is 4.27. The molecule has 0 spiro atoms. The van der Waals surface area contributed by atoms with Crippen LogP contribution in [0, 0.1) is 6.92 Å². The quantitative estimate of drug-likeness (QED) is 0.782. The van der Waals surface area contributed by atoms with E-state index in [0.29, 0.717) is 24.3 Å². The fraction of sp³-hybridized carbons (Fsp3) is 0.435. The van der Waals surface area contributed by atoms with E-state index in [2.05, 4.69) is 10.2 Å². The molecule has 1 N–H and O–H groups in total. The first-order valence-corrected chi connectivity index (χ1v) is 12.2. The Morgan fingerprint density at radius 3 is 2.30 bits per heavy atom. The summed E-state index contributed by atoms with van der Waals surface area (Å²) < 4.78 is 27.9. The molecule has 1 amide bonds. The number of sulfonamides is 1. The van der Waals surface area contributed by atoms with Gasteiger partial charge in [0, 0.05) is 37.6 Å². The van der Waals surface area contributed by atoms with Crippen molar-refractivity contribution in [1.29, 1.82) is 0 Å². The normalized spacial score (nSPS) is 17.8. The van der Waals surface area contributed by atoms with Crippen LogP contribution in [-0.4, -0.2) is 44.8 Å². The maximum Gasteiger partial charge on any atom is 0.257 e. The Hall–Kier alpha value is -2.38. The molecule has 2 saturated heterocycles. The minimum Gasteiger partial charge on any atom is -0.371 e. The lowest BCUT2D eigenvalue weighted by Crippen LogP contribution is -2.35. The Kier molecular flexibility index (Phi) is 6.11. The molecular formula is C23H29N3O3S. The molecule has 0 radical (unpaired) electrons. The first-order valence-electron chi connectivity index (χ1n) is 10.7. The molecule has 2 aromatic rings. The number of nitrogens with zero attached hydrogens (tertiary/aromatic N) is 2. The van der Waals surface area contributed by atoms with Gasteiger partial charge in [0.15, 0.2) is 0 Å². The molecule has 2 aliphatic rings. The molecule has 2 heterocycles. The van der Waals surface area contributed by atoms with Crippen LogP contribution in [0.3, 0.4) is 0 Å². The monoisotopic (exact) mass is 427 g/mol. The van der Waals surface area contributed by atoms with Gasteiger partial charge in [-0.2, -0.15) is 4.31 Å². The van der Waals surface area contributed by atoms with E-state index >= 15 is 0 Å². The van der Waals surface area contributed by atoms with Crippen molar-refractivity contribution in [3.05, 3.63) is 53.6 Å². The number of hydrogen-bond acceptors (Lipinski definition) is 4. The maximum atomic E-state index is 13.2. The van der Waals surface area contributed by atoms with Crippen LogP contribution in [-0.2, 0) is 10.0 Å². The number of amides is 1. The van der Waals surface area contributed by atoms with Gasteiger partial charge >= 0.3 is 0 Å². The highest BCUT2D eigenvalue weighted by Crippen LogP contribution is 2.30. The van der Waals surface area contributed by atoms with E-state index in [-0.39, 0.29) is 10.8 Å². The highest BCUT2D eigenvalue weighted by molar-refractivity contribution is 7.89. The smallest absolute Gasteiger partial charge is 0.257 e. The zero-order valence-corrected chi connectivity index (χ0v) is 18.2. The number of hydrogen-bond donors (Lipinski definition) is 1. The van der Waals surface area contributed by atoms with Crippen LogP contribution in [0.15, 0.2) is 47.4 Å². The van der Waals surface area contributed by atoms with Gasteiger partial charge in [0.05, 0.1) is 10.5 Å². The zero-order valence-electron chi connectivity index (χ0n) is 17.4. The topological polar surface area (TPSA) is 69.7 Å². The summed E-state index contributed by atoms with van der Waals surface area (Å²) in [6.07, 6.45) is 4.97. The fourth-order valence-corrected chi connectivity index (χ4v) is 5.81. The average molecular weight is 428 g/mol. The van der Waals surface area contributed by atoms with E-state index in [1.807, 2.05) is 31.2 Å². The van der Waals surface area contributed by atoms with Crippen molar-refractivity contribution in [3.8, 4) is 0 Å². The van der Waals surface area contributed by atoms with Crippen LogP contribution in [0.4, 0.5) is 11.4 Å². The summed E-state index contributed by atoms with van der Waals surface area (Å²) in [6.45, 7) is 4.81. The van der Waals surface area contributed by atoms with Gasteiger partial charge in [-0.25, -0.2) is 8.42 Å². The molecule has 30 heavy (non-hydrogen) atoms. The molecule has 7 heteroatoms. The Morgan fingerprint density at radius 1 is 0.900 bits per heavy atom. The lowest BCUT2D eigenvalue weighted by molar-refractivity contribution is 0.102. The predicted molar refractivity (Wildman–Crippen MR) is 120 cm³/mol. The largest absolute Gasteiger partial charge is 0.371 e. The van der Waals surface area contributed by atoms with Gasteiger partial charge in [-0.1, -0.05) is 18.6 Å². The number of aryl methyl sites for hydroxylation is 1. The highest BCUT2D eigenvalue weighted by Gasteiger charge is 2.28. The molecule has 0 aliphatic carbocycles. The van der Waals surface area contributed by atoms with Crippen molar-refractivity contribution in [3.63, 3.8) is 0 Å². The molecule has 0 unspecified atom stereocenters. The van der Waals surface area contributed by atoms with E-state index in [4.69, 9.17) is 0 Å². The first-order chi connectivity index (χ1) is 14.4. The van der Waals surface area contributed by atoms with Crippen LogP contribution in [0.2, 0.25) is 0 Å². The lowest BCUT2D eigenvalue weighted by Gasteiger charge is -2.27. The second kappa shape index (κ2) is 8.78.